The molecule has 0 aromatic carbocycles. The molecule has 0 rings (SSSR count). The minimum absolute atomic E-state index is 0. The van der Waals surface area contributed by atoms with Crippen LogP contribution < -0.4 is 15.9 Å². The summed E-state index contributed by atoms with van der Waals surface area (Å²) >= 11 is 0. The van der Waals surface area contributed by atoms with Crippen LogP contribution in [0.15, 0.2) is 0 Å². The summed E-state index contributed by atoms with van der Waals surface area (Å²) in [6.07, 6.45) is -0.706. The van der Waals surface area contributed by atoms with Gasteiger partial charge in [0.25, 0.3) is 0 Å². The Morgan fingerprint density at radius 2 is 1.73 bits per heavy atom. The number of nitrogens with two attached hydrogens (primary N) is 1. The zero-order valence-corrected chi connectivity index (χ0v) is 7.12. The summed E-state index contributed by atoms with van der Waals surface area (Å²) < 4.78 is 0. The van der Waals surface area contributed by atoms with Crippen molar-refractivity contribution >= 4 is 35.0 Å². The molecule has 0 aromatic rings. The summed E-state index contributed by atoms with van der Waals surface area (Å²) in [5.41, 5.74) is 4.73. The molecule has 0 fully saturated rings. The number of hydrogen-bond acceptors (Lipinski definition) is 5. The Labute approximate surface area is 78.8 Å². The third-order valence-corrected chi connectivity index (χ3v) is 0.689. The molecule has 11 heavy (non-hydrogen) atoms. The number of carboxylic acids is 2. The van der Waals surface area contributed by atoms with Crippen LogP contribution in [0.25, 0.3) is 0 Å². The van der Waals surface area contributed by atoms with Gasteiger partial charge in [0, 0.05) is 18.4 Å². The first-order chi connectivity index (χ1) is 4.04. The van der Waals surface area contributed by atoms with Gasteiger partial charge < -0.3 is 31.0 Å². The molecule has 0 aromatic heterocycles. The van der Waals surface area contributed by atoms with Crippen LogP contribution >= 0.6 is 0 Å². The average Bonchev–Trinajstić information content (AvgIpc) is 1.63. The Hall–Kier alpha value is -0.374. The summed E-state index contributed by atoms with van der Waals surface area (Å²) in [5, 5.41) is 19.3. The quantitative estimate of drug-likeness (QED) is 0.426. The zero-order valence-electron chi connectivity index (χ0n) is 5.70. The van der Waals surface area contributed by atoms with Crippen molar-refractivity contribution in [3.05, 3.63) is 0 Å². The van der Waals surface area contributed by atoms with Crippen molar-refractivity contribution in [2.45, 2.75) is 12.5 Å². The molecule has 0 radical (unpaired) electrons. The molecule has 0 aliphatic rings. The van der Waals surface area contributed by atoms with Crippen LogP contribution in [0.3, 0.4) is 0 Å². The number of rotatable bonds is 3. The van der Waals surface area contributed by atoms with Crippen LogP contribution in [-0.4, -0.2) is 46.5 Å². The van der Waals surface area contributed by atoms with E-state index in [0.717, 1.165) is 0 Å². The summed E-state index contributed by atoms with van der Waals surface area (Å²) in [5.74, 6) is -3.08. The van der Waals surface area contributed by atoms with E-state index in [2.05, 4.69) is 0 Å². The zero-order chi connectivity index (χ0) is 7.44. The Morgan fingerprint density at radius 3 is 1.82 bits per heavy atom. The largest absolute Gasteiger partial charge is 2.00 e. The molecular weight excluding hydrogens is 166 g/mol. The molecule has 6 nitrogen and oxygen atoms in total. The minimum atomic E-state index is -1.58. The monoisotopic (exact) mass is 173 g/mol. The van der Waals surface area contributed by atoms with Gasteiger partial charge in [0.2, 0.25) is 0 Å². The van der Waals surface area contributed by atoms with Gasteiger partial charge in [-0.1, -0.05) is 0 Å². The summed E-state index contributed by atoms with van der Waals surface area (Å²) in [6, 6.07) is -1.46. The maximum absolute atomic E-state index is 9.71. The SMILES string of the molecule is NC(CC(=O)[O-])C(=O)[O-].O.[Mg+2]. The second kappa shape index (κ2) is 7.73. The van der Waals surface area contributed by atoms with E-state index in [9.17, 15) is 19.8 Å². The predicted octanol–water partition coefficient (Wildman–Crippen LogP) is -5.00. The van der Waals surface area contributed by atoms with E-state index in [1.54, 1.807) is 0 Å². The van der Waals surface area contributed by atoms with Crippen molar-refractivity contribution in [1.29, 1.82) is 0 Å². The van der Waals surface area contributed by atoms with Gasteiger partial charge in [0.05, 0.1) is 5.97 Å². The van der Waals surface area contributed by atoms with Gasteiger partial charge in [0.15, 0.2) is 0 Å². The molecule has 60 valence electrons. The smallest absolute Gasteiger partial charge is 0.550 e. The normalized spacial score (nSPS) is 10.3. The fraction of sp³-hybridized carbons (Fsp3) is 0.500. The van der Waals surface area contributed by atoms with Gasteiger partial charge in [-0.15, -0.1) is 0 Å². The maximum Gasteiger partial charge on any atom is 2.00 e. The van der Waals surface area contributed by atoms with E-state index in [-0.39, 0.29) is 28.5 Å². The molecule has 1 atom stereocenters. The van der Waals surface area contributed by atoms with Crippen molar-refractivity contribution in [2.75, 3.05) is 0 Å². The second-order valence-corrected chi connectivity index (χ2v) is 1.50. The molecule has 1 unspecified atom stereocenters. The molecule has 0 aliphatic heterocycles. The van der Waals surface area contributed by atoms with Gasteiger partial charge in [0.1, 0.15) is 0 Å². The van der Waals surface area contributed by atoms with E-state index in [1.807, 2.05) is 0 Å². The number of carbonyl (C=O) groups is 2. The molecule has 4 N–H and O–H groups in total. The van der Waals surface area contributed by atoms with E-state index in [0.29, 0.717) is 0 Å². The van der Waals surface area contributed by atoms with Gasteiger partial charge in [-0.05, 0) is 0 Å². The van der Waals surface area contributed by atoms with Crippen molar-refractivity contribution in [1.82, 2.24) is 0 Å². The predicted molar refractivity (Wildman–Crippen MR) is 32.0 cm³/mol. The molecule has 0 spiro atoms. The number of hydrogen-bond donors (Lipinski definition) is 1. The first-order valence-electron chi connectivity index (χ1n) is 2.20. The first kappa shape index (κ1) is 16.9. The van der Waals surface area contributed by atoms with Crippen LogP contribution in [0, 0.1) is 0 Å². The molecule has 0 saturated carbocycles. The maximum atomic E-state index is 9.71. The third kappa shape index (κ3) is 9.63. The Bertz CT molecular complexity index is 138. The molecule has 0 saturated heterocycles. The Kier molecular flexibility index (Phi) is 11.9. The standard InChI is InChI=1S/C4H7NO4.Mg.H2O/c5-2(4(8)9)1-3(6)7;;/h2H,1,5H2,(H,6,7)(H,8,9);;1H2/q;+2;/p-2. The number of carboxylic acid groups (broad SMARTS) is 2. The Morgan fingerprint density at radius 1 is 1.36 bits per heavy atom. The van der Waals surface area contributed by atoms with E-state index in [1.165, 1.54) is 0 Å². The van der Waals surface area contributed by atoms with Gasteiger partial charge in [-0.25, -0.2) is 0 Å². The first-order valence-corrected chi connectivity index (χ1v) is 2.20. The summed E-state index contributed by atoms with van der Waals surface area (Å²) in [4.78, 5) is 19.3. The van der Waals surface area contributed by atoms with E-state index >= 15 is 0 Å². The molecule has 7 heteroatoms. The fourth-order valence-electron chi connectivity index (χ4n) is 0.263. The average molecular weight is 173 g/mol. The topological polar surface area (TPSA) is 138 Å². The van der Waals surface area contributed by atoms with Crippen molar-refractivity contribution in [2.24, 2.45) is 5.73 Å². The van der Waals surface area contributed by atoms with Crippen LogP contribution in [0.4, 0.5) is 0 Å². The van der Waals surface area contributed by atoms with Crippen molar-refractivity contribution < 1.29 is 25.3 Å². The molecule has 0 heterocycles. The number of aliphatic carboxylic acids is 2. The molecule has 0 amide bonds. The van der Waals surface area contributed by atoms with Crippen LogP contribution in [-0.2, 0) is 9.59 Å². The van der Waals surface area contributed by atoms with Gasteiger partial charge >= 0.3 is 23.1 Å². The number of carbonyl (C=O) groups excluding carboxylic acids is 2. The van der Waals surface area contributed by atoms with E-state index < -0.39 is 24.4 Å². The fourth-order valence-corrected chi connectivity index (χ4v) is 0.263. The minimum Gasteiger partial charge on any atom is -0.550 e. The van der Waals surface area contributed by atoms with Crippen LogP contribution in [0.2, 0.25) is 0 Å². The van der Waals surface area contributed by atoms with Gasteiger partial charge in [-0.2, -0.15) is 0 Å². The summed E-state index contributed by atoms with van der Waals surface area (Å²) in [6.45, 7) is 0. The molecule has 0 aliphatic carbocycles. The van der Waals surface area contributed by atoms with Crippen molar-refractivity contribution in [3.8, 4) is 0 Å². The van der Waals surface area contributed by atoms with E-state index in [4.69, 9.17) is 5.73 Å². The summed E-state index contributed by atoms with van der Waals surface area (Å²) in [7, 11) is 0. The van der Waals surface area contributed by atoms with Crippen LogP contribution in [0.1, 0.15) is 6.42 Å². The molecule has 0 bridgehead atoms. The van der Waals surface area contributed by atoms with Crippen molar-refractivity contribution in [3.63, 3.8) is 0 Å². The molecular formula is C4H7MgNO5. The Balaban J connectivity index is -0.000000320. The second-order valence-electron chi connectivity index (χ2n) is 1.50. The van der Waals surface area contributed by atoms with Crippen LogP contribution in [0.5, 0.6) is 0 Å². The van der Waals surface area contributed by atoms with Gasteiger partial charge in [-0.3, -0.25) is 0 Å². The third-order valence-electron chi connectivity index (χ3n) is 0.689.